The highest BCUT2D eigenvalue weighted by molar-refractivity contribution is 14.0. The second-order valence-corrected chi connectivity index (χ2v) is 5.93. The molecule has 2 aromatic carbocycles. The molecular formula is C19H24ClIN4O. The fourth-order valence-electron chi connectivity index (χ4n) is 2.28. The fourth-order valence-corrected chi connectivity index (χ4v) is 2.49. The molecule has 0 aliphatic heterocycles. The van der Waals surface area contributed by atoms with E-state index in [0.29, 0.717) is 19.0 Å². The van der Waals surface area contributed by atoms with E-state index in [4.69, 9.17) is 11.6 Å². The molecule has 1 amide bonds. The number of carbonyl (C=O) groups excluding carboxylic acids is 1. The average molecular weight is 487 g/mol. The molecule has 0 bridgehead atoms. The van der Waals surface area contributed by atoms with Crippen molar-refractivity contribution < 1.29 is 4.79 Å². The molecule has 5 nitrogen and oxygen atoms in total. The number of hydrogen-bond acceptors (Lipinski definition) is 2. The number of anilines is 1. The van der Waals surface area contributed by atoms with Crippen LogP contribution < -0.4 is 16.0 Å². The number of nitrogens with zero attached hydrogens (tertiary/aromatic N) is 1. The van der Waals surface area contributed by atoms with Gasteiger partial charge >= 0.3 is 0 Å². The molecule has 0 heterocycles. The first-order chi connectivity index (χ1) is 12.1. The van der Waals surface area contributed by atoms with Crippen LogP contribution in [0.5, 0.6) is 0 Å². The van der Waals surface area contributed by atoms with Crippen LogP contribution in [0, 0.1) is 0 Å². The van der Waals surface area contributed by atoms with Crippen molar-refractivity contribution >= 4 is 53.1 Å². The molecular weight excluding hydrogens is 463 g/mol. The first-order valence-corrected chi connectivity index (χ1v) is 8.58. The van der Waals surface area contributed by atoms with E-state index >= 15 is 0 Å². The summed E-state index contributed by atoms with van der Waals surface area (Å²) in [7, 11) is 0. The number of guanidine groups is 1. The number of rotatable bonds is 6. The smallest absolute Gasteiger partial charge is 0.221 e. The van der Waals surface area contributed by atoms with E-state index in [1.54, 1.807) is 0 Å². The van der Waals surface area contributed by atoms with Crippen molar-refractivity contribution in [3.05, 3.63) is 64.7 Å². The van der Waals surface area contributed by atoms with Gasteiger partial charge in [0.2, 0.25) is 5.91 Å². The molecule has 26 heavy (non-hydrogen) atoms. The van der Waals surface area contributed by atoms with Gasteiger partial charge in [0.25, 0.3) is 0 Å². The summed E-state index contributed by atoms with van der Waals surface area (Å²) in [6.07, 6.45) is 0. The summed E-state index contributed by atoms with van der Waals surface area (Å²) in [6, 6.07) is 15.4. The Balaban J connectivity index is 0.00000338. The molecule has 2 rings (SSSR count). The molecule has 140 valence electrons. The summed E-state index contributed by atoms with van der Waals surface area (Å²) >= 11 is 6.18. The summed E-state index contributed by atoms with van der Waals surface area (Å²) in [5.41, 5.74) is 2.80. The van der Waals surface area contributed by atoms with Crippen molar-refractivity contribution in [3.63, 3.8) is 0 Å². The summed E-state index contributed by atoms with van der Waals surface area (Å²) in [5, 5.41) is 10.0. The van der Waals surface area contributed by atoms with Gasteiger partial charge in [-0.05, 0) is 36.2 Å². The summed E-state index contributed by atoms with van der Waals surface area (Å²) in [4.78, 5) is 15.7. The Morgan fingerprint density at radius 1 is 1.12 bits per heavy atom. The standard InChI is InChI=1S/C19H23ClN4O.HI/c1-3-21-19(23-13-16-8-4-5-10-18(16)20)22-12-15-7-6-9-17(11-15)24-14(2)25;/h4-11H,3,12-13H2,1-2H3,(H,24,25)(H2,21,22,23);1H. The lowest BCUT2D eigenvalue weighted by atomic mass is 10.2. The van der Waals surface area contributed by atoms with Crippen molar-refractivity contribution in [2.75, 3.05) is 11.9 Å². The van der Waals surface area contributed by atoms with Gasteiger partial charge in [0, 0.05) is 30.7 Å². The fraction of sp³-hybridized carbons (Fsp3) is 0.263. The van der Waals surface area contributed by atoms with Crippen LogP contribution in [0.25, 0.3) is 0 Å². The van der Waals surface area contributed by atoms with Gasteiger partial charge in [-0.25, -0.2) is 4.99 Å². The SMILES string of the molecule is CCNC(=NCc1cccc(NC(C)=O)c1)NCc1ccccc1Cl.I. The van der Waals surface area contributed by atoms with Gasteiger partial charge in [-0.2, -0.15) is 0 Å². The van der Waals surface area contributed by atoms with E-state index in [1.165, 1.54) is 6.92 Å². The second kappa shape index (κ2) is 11.7. The monoisotopic (exact) mass is 486 g/mol. The van der Waals surface area contributed by atoms with Crippen LogP contribution in [-0.2, 0) is 17.9 Å². The third-order valence-corrected chi connectivity index (χ3v) is 3.78. The maximum Gasteiger partial charge on any atom is 0.221 e. The summed E-state index contributed by atoms with van der Waals surface area (Å²) in [6.45, 7) is 5.37. The summed E-state index contributed by atoms with van der Waals surface area (Å²) < 4.78 is 0. The molecule has 0 unspecified atom stereocenters. The molecule has 2 aromatic rings. The Labute approximate surface area is 176 Å². The Kier molecular flexibility index (Phi) is 10.0. The van der Waals surface area contributed by atoms with Gasteiger partial charge in [-0.3, -0.25) is 4.79 Å². The normalized spacial score (nSPS) is 10.7. The van der Waals surface area contributed by atoms with E-state index < -0.39 is 0 Å². The topological polar surface area (TPSA) is 65.5 Å². The zero-order valence-corrected chi connectivity index (χ0v) is 18.0. The number of amides is 1. The number of aliphatic imine (C=N–C) groups is 1. The lowest BCUT2D eigenvalue weighted by molar-refractivity contribution is -0.114. The molecule has 0 spiro atoms. The van der Waals surface area contributed by atoms with Crippen LogP contribution in [-0.4, -0.2) is 18.4 Å². The van der Waals surface area contributed by atoms with Crippen molar-refractivity contribution in [1.29, 1.82) is 0 Å². The predicted molar refractivity (Wildman–Crippen MR) is 119 cm³/mol. The van der Waals surface area contributed by atoms with Crippen LogP contribution in [0.3, 0.4) is 0 Å². The van der Waals surface area contributed by atoms with Gasteiger partial charge in [-0.1, -0.05) is 41.9 Å². The Hall–Kier alpha value is -1.80. The van der Waals surface area contributed by atoms with Crippen LogP contribution >= 0.6 is 35.6 Å². The lowest BCUT2D eigenvalue weighted by Gasteiger charge is -2.12. The first-order valence-electron chi connectivity index (χ1n) is 8.20. The molecule has 7 heteroatoms. The molecule has 0 atom stereocenters. The van der Waals surface area contributed by atoms with Gasteiger partial charge in [-0.15, -0.1) is 24.0 Å². The minimum Gasteiger partial charge on any atom is -0.357 e. The molecule has 0 saturated heterocycles. The average Bonchev–Trinajstić information content (AvgIpc) is 2.58. The largest absolute Gasteiger partial charge is 0.357 e. The maximum atomic E-state index is 11.2. The number of halogens is 2. The lowest BCUT2D eigenvalue weighted by Crippen LogP contribution is -2.36. The minimum atomic E-state index is -0.0876. The first kappa shape index (κ1) is 22.2. The molecule has 0 fully saturated rings. The molecule has 0 saturated carbocycles. The summed E-state index contributed by atoms with van der Waals surface area (Å²) in [5.74, 6) is 0.628. The van der Waals surface area contributed by atoms with Crippen LogP contribution in [0.2, 0.25) is 5.02 Å². The Morgan fingerprint density at radius 3 is 2.58 bits per heavy atom. The molecule has 0 aromatic heterocycles. The molecule has 0 aliphatic rings. The zero-order chi connectivity index (χ0) is 18.1. The van der Waals surface area contributed by atoms with Crippen molar-refractivity contribution in [2.45, 2.75) is 26.9 Å². The van der Waals surface area contributed by atoms with Crippen molar-refractivity contribution in [3.8, 4) is 0 Å². The van der Waals surface area contributed by atoms with Crippen LogP contribution in [0.1, 0.15) is 25.0 Å². The van der Waals surface area contributed by atoms with E-state index in [1.807, 2.05) is 55.5 Å². The molecule has 0 aliphatic carbocycles. The number of hydrogen-bond donors (Lipinski definition) is 3. The third-order valence-electron chi connectivity index (χ3n) is 3.42. The third kappa shape index (κ3) is 7.61. The van der Waals surface area contributed by atoms with Crippen LogP contribution in [0.4, 0.5) is 5.69 Å². The highest BCUT2D eigenvalue weighted by Gasteiger charge is 2.02. The van der Waals surface area contributed by atoms with E-state index in [0.717, 1.165) is 28.4 Å². The highest BCUT2D eigenvalue weighted by atomic mass is 127. The Bertz CT molecular complexity index is 752. The number of nitrogens with one attached hydrogen (secondary N) is 3. The number of carbonyl (C=O) groups is 1. The van der Waals surface area contributed by atoms with E-state index in [-0.39, 0.29) is 29.9 Å². The van der Waals surface area contributed by atoms with Crippen LogP contribution in [0.15, 0.2) is 53.5 Å². The van der Waals surface area contributed by atoms with Gasteiger partial charge in [0.05, 0.1) is 6.54 Å². The van der Waals surface area contributed by atoms with Crippen molar-refractivity contribution in [2.24, 2.45) is 4.99 Å². The molecule has 0 radical (unpaired) electrons. The minimum absolute atomic E-state index is 0. The predicted octanol–water partition coefficient (Wildman–Crippen LogP) is 4.17. The van der Waals surface area contributed by atoms with E-state index in [2.05, 4.69) is 20.9 Å². The second-order valence-electron chi connectivity index (χ2n) is 5.52. The van der Waals surface area contributed by atoms with E-state index in [9.17, 15) is 4.79 Å². The van der Waals surface area contributed by atoms with Gasteiger partial charge in [0.15, 0.2) is 5.96 Å². The van der Waals surface area contributed by atoms with Gasteiger partial charge in [0.1, 0.15) is 0 Å². The highest BCUT2D eigenvalue weighted by Crippen LogP contribution is 2.14. The van der Waals surface area contributed by atoms with Crippen molar-refractivity contribution in [1.82, 2.24) is 10.6 Å². The number of benzene rings is 2. The van der Waals surface area contributed by atoms with Gasteiger partial charge < -0.3 is 16.0 Å². The Morgan fingerprint density at radius 2 is 1.88 bits per heavy atom. The zero-order valence-electron chi connectivity index (χ0n) is 14.9. The maximum absolute atomic E-state index is 11.2. The molecule has 3 N–H and O–H groups in total. The quantitative estimate of drug-likeness (QED) is 0.326.